The summed E-state index contributed by atoms with van der Waals surface area (Å²) in [6.07, 6.45) is 3.28. The van der Waals surface area contributed by atoms with Gasteiger partial charge in [0, 0.05) is 13.0 Å². The zero-order chi connectivity index (χ0) is 15.7. The highest BCUT2D eigenvalue weighted by Crippen LogP contribution is 2.23. The predicted molar refractivity (Wildman–Crippen MR) is 95.8 cm³/mol. The molecule has 21 heavy (non-hydrogen) atoms. The number of rotatable bonds is 9. The lowest BCUT2D eigenvalue weighted by Crippen LogP contribution is -2.30. The smallest absolute Gasteiger partial charge is 0.0717 e. The third-order valence-electron chi connectivity index (χ3n) is 3.53. The Morgan fingerprint density at radius 3 is 2.38 bits per heavy atom. The lowest BCUT2D eigenvalue weighted by molar-refractivity contribution is -0.0222. The maximum atomic E-state index is 5.83. The summed E-state index contributed by atoms with van der Waals surface area (Å²) in [7, 11) is 1.78. The first kappa shape index (κ1) is 18.9. The first-order chi connectivity index (χ1) is 10.0. The molecule has 0 fully saturated rings. The molecule has 2 nitrogen and oxygen atoms in total. The van der Waals surface area contributed by atoms with E-state index in [4.69, 9.17) is 9.47 Å². The fourth-order valence-corrected chi connectivity index (χ4v) is 2.84. The van der Waals surface area contributed by atoms with E-state index in [1.54, 1.807) is 7.11 Å². The van der Waals surface area contributed by atoms with E-state index in [-0.39, 0.29) is 6.10 Å². The molecule has 1 rings (SSSR count). The van der Waals surface area contributed by atoms with Crippen molar-refractivity contribution in [2.75, 3.05) is 13.7 Å². The third kappa shape index (κ3) is 7.59. The molecule has 0 aliphatic heterocycles. The SMILES string of the molecule is CO[C@H]([C@@H](C)CC=C(Br)Br)[C@@H](C)COCc1ccccc1. The summed E-state index contributed by atoms with van der Waals surface area (Å²) in [5, 5.41) is 0. The minimum atomic E-state index is 0.191. The van der Waals surface area contributed by atoms with Gasteiger partial charge < -0.3 is 9.47 Å². The molecule has 0 unspecified atom stereocenters. The van der Waals surface area contributed by atoms with Gasteiger partial charge in [-0.15, -0.1) is 0 Å². The fourth-order valence-electron chi connectivity index (χ4n) is 2.47. The highest BCUT2D eigenvalue weighted by molar-refractivity contribution is 9.28. The second-order valence-electron chi connectivity index (χ2n) is 5.39. The van der Waals surface area contributed by atoms with E-state index in [1.165, 1.54) is 5.56 Å². The van der Waals surface area contributed by atoms with Gasteiger partial charge in [-0.05, 0) is 49.8 Å². The van der Waals surface area contributed by atoms with E-state index >= 15 is 0 Å². The maximum absolute atomic E-state index is 5.83. The van der Waals surface area contributed by atoms with Gasteiger partial charge in [-0.1, -0.05) is 50.3 Å². The van der Waals surface area contributed by atoms with Crippen LogP contribution < -0.4 is 0 Å². The van der Waals surface area contributed by atoms with E-state index in [1.807, 2.05) is 18.2 Å². The summed E-state index contributed by atoms with van der Waals surface area (Å²) >= 11 is 6.78. The van der Waals surface area contributed by atoms with Gasteiger partial charge in [-0.3, -0.25) is 0 Å². The van der Waals surface area contributed by atoms with Crippen molar-refractivity contribution in [3.05, 3.63) is 45.4 Å². The van der Waals surface area contributed by atoms with Gasteiger partial charge in [0.05, 0.1) is 22.7 Å². The molecule has 1 aromatic rings. The van der Waals surface area contributed by atoms with Gasteiger partial charge in [0.2, 0.25) is 0 Å². The summed E-state index contributed by atoms with van der Waals surface area (Å²) < 4.78 is 12.5. The van der Waals surface area contributed by atoms with Gasteiger partial charge in [-0.25, -0.2) is 0 Å². The number of benzene rings is 1. The van der Waals surface area contributed by atoms with Crippen molar-refractivity contribution in [3.63, 3.8) is 0 Å². The monoisotopic (exact) mass is 418 g/mol. The molecule has 1 aromatic carbocycles. The molecule has 0 spiro atoms. The Balaban J connectivity index is 2.40. The molecule has 0 radical (unpaired) electrons. The van der Waals surface area contributed by atoms with E-state index in [0.29, 0.717) is 25.0 Å². The van der Waals surface area contributed by atoms with Crippen molar-refractivity contribution in [1.29, 1.82) is 0 Å². The van der Waals surface area contributed by atoms with Crippen LogP contribution in [0.25, 0.3) is 0 Å². The Kier molecular flexibility index (Phi) is 9.49. The molecule has 0 saturated carbocycles. The van der Waals surface area contributed by atoms with Gasteiger partial charge in [0.15, 0.2) is 0 Å². The van der Waals surface area contributed by atoms with E-state index in [0.717, 1.165) is 9.81 Å². The van der Waals surface area contributed by atoms with E-state index in [2.05, 4.69) is 63.9 Å². The van der Waals surface area contributed by atoms with Crippen molar-refractivity contribution >= 4 is 31.9 Å². The zero-order valence-corrected chi connectivity index (χ0v) is 16.1. The van der Waals surface area contributed by atoms with Crippen LogP contribution in [0.15, 0.2) is 39.8 Å². The Morgan fingerprint density at radius 2 is 1.81 bits per heavy atom. The molecule has 0 amide bonds. The molecule has 0 aliphatic carbocycles. The van der Waals surface area contributed by atoms with Gasteiger partial charge in [0.25, 0.3) is 0 Å². The van der Waals surface area contributed by atoms with Crippen molar-refractivity contribution in [1.82, 2.24) is 0 Å². The number of ether oxygens (including phenoxy) is 2. The molecule has 0 heterocycles. The topological polar surface area (TPSA) is 18.5 Å². The van der Waals surface area contributed by atoms with E-state index < -0.39 is 0 Å². The lowest BCUT2D eigenvalue weighted by atomic mass is 9.91. The number of allylic oxidation sites excluding steroid dienone is 1. The molecule has 0 aliphatic rings. The normalized spacial score (nSPS) is 15.3. The lowest BCUT2D eigenvalue weighted by Gasteiger charge is -2.27. The van der Waals surface area contributed by atoms with Crippen molar-refractivity contribution < 1.29 is 9.47 Å². The maximum Gasteiger partial charge on any atom is 0.0717 e. The largest absolute Gasteiger partial charge is 0.381 e. The highest BCUT2D eigenvalue weighted by atomic mass is 79.9. The molecule has 4 heteroatoms. The second-order valence-corrected chi connectivity index (χ2v) is 8.16. The van der Waals surface area contributed by atoms with Crippen LogP contribution in [0.4, 0.5) is 0 Å². The van der Waals surface area contributed by atoms with Crippen LogP contribution in [-0.4, -0.2) is 19.8 Å². The van der Waals surface area contributed by atoms with Gasteiger partial charge >= 0.3 is 0 Å². The molecule has 0 N–H and O–H groups in total. The average molecular weight is 420 g/mol. The van der Waals surface area contributed by atoms with Gasteiger partial charge in [-0.2, -0.15) is 0 Å². The third-order valence-corrected chi connectivity index (χ3v) is 4.18. The first-order valence-corrected chi connectivity index (χ1v) is 8.78. The summed E-state index contributed by atoms with van der Waals surface area (Å²) in [5.41, 5.74) is 1.21. The number of halogens is 2. The zero-order valence-electron chi connectivity index (χ0n) is 12.9. The van der Waals surface area contributed by atoms with Crippen LogP contribution in [-0.2, 0) is 16.1 Å². The van der Waals surface area contributed by atoms with Crippen molar-refractivity contribution in [2.45, 2.75) is 33.0 Å². The van der Waals surface area contributed by atoms with Crippen LogP contribution >= 0.6 is 31.9 Å². The predicted octanol–water partition coefficient (Wildman–Crippen LogP) is 5.51. The molecule has 0 saturated heterocycles. The minimum absolute atomic E-state index is 0.191. The Hall–Kier alpha value is -0.160. The number of hydrogen-bond acceptors (Lipinski definition) is 2. The van der Waals surface area contributed by atoms with Crippen molar-refractivity contribution in [3.8, 4) is 0 Å². The molecule has 118 valence electrons. The van der Waals surface area contributed by atoms with Gasteiger partial charge in [0.1, 0.15) is 0 Å². The highest BCUT2D eigenvalue weighted by Gasteiger charge is 2.23. The second kappa shape index (κ2) is 10.5. The quantitative estimate of drug-likeness (QED) is 0.525. The average Bonchev–Trinajstić information content (AvgIpc) is 2.47. The Labute approximate surface area is 145 Å². The number of methoxy groups -OCH3 is 1. The first-order valence-electron chi connectivity index (χ1n) is 7.20. The summed E-state index contributed by atoms with van der Waals surface area (Å²) in [4.78, 5) is 0. The molecule has 3 atom stereocenters. The Morgan fingerprint density at radius 1 is 1.14 bits per heavy atom. The van der Waals surface area contributed by atoms with Crippen LogP contribution in [0.1, 0.15) is 25.8 Å². The summed E-state index contributed by atoms with van der Waals surface area (Å²) in [5.74, 6) is 0.798. The van der Waals surface area contributed by atoms with Crippen molar-refractivity contribution in [2.24, 2.45) is 11.8 Å². The van der Waals surface area contributed by atoms with Crippen LogP contribution in [0.5, 0.6) is 0 Å². The molecule has 0 bridgehead atoms. The number of hydrogen-bond donors (Lipinski definition) is 0. The van der Waals surface area contributed by atoms with E-state index in [9.17, 15) is 0 Å². The minimum Gasteiger partial charge on any atom is -0.381 e. The molecule has 0 aromatic heterocycles. The van der Waals surface area contributed by atoms with Crippen LogP contribution in [0.3, 0.4) is 0 Å². The summed E-state index contributed by atoms with van der Waals surface area (Å²) in [6, 6.07) is 10.3. The summed E-state index contributed by atoms with van der Waals surface area (Å²) in [6.45, 7) is 5.75. The Bertz CT molecular complexity index is 416. The van der Waals surface area contributed by atoms with Crippen LogP contribution in [0, 0.1) is 11.8 Å². The fraction of sp³-hybridized carbons (Fsp3) is 0.529. The standard InChI is InChI=1S/C17H24Br2O2/c1-13(9-10-16(18)19)17(20-3)14(2)11-21-12-15-7-5-4-6-8-15/h4-8,10,13-14,17H,9,11-12H2,1-3H3/t13-,14-,17+/m0/s1. The van der Waals surface area contributed by atoms with Crippen LogP contribution in [0.2, 0.25) is 0 Å². The molecular weight excluding hydrogens is 396 g/mol. The molecular formula is C17H24Br2O2.